The number of nitrogens with two attached hydrogens (primary N) is 1. The van der Waals surface area contributed by atoms with Crippen LogP contribution in [0.15, 0.2) is 6.20 Å². The third kappa shape index (κ3) is 1.97. The van der Waals surface area contributed by atoms with E-state index in [0.29, 0.717) is 18.2 Å². The highest BCUT2D eigenvalue weighted by Gasteiger charge is 2.21. The fourth-order valence-electron chi connectivity index (χ4n) is 1.43. The Bertz CT molecular complexity index is 305. The van der Waals surface area contributed by atoms with Crippen molar-refractivity contribution in [2.45, 2.75) is 6.10 Å². The van der Waals surface area contributed by atoms with Gasteiger partial charge in [0.1, 0.15) is 5.00 Å². The minimum Gasteiger partial charge on any atom is -0.394 e. The fourth-order valence-corrected chi connectivity index (χ4v) is 2.14. The van der Waals surface area contributed by atoms with Gasteiger partial charge in [-0.2, -0.15) is 0 Å². The number of thiazole rings is 1. The Morgan fingerprint density at radius 1 is 1.79 bits per heavy atom. The minimum atomic E-state index is -0.103. The average Bonchev–Trinajstić information content (AvgIpc) is 2.65. The van der Waals surface area contributed by atoms with Crippen LogP contribution in [0.2, 0.25) is 0 Å². The summed E-state index contributed by atoms with van der Waals surface area (Å²) in [7, 11) is 0. The van der Waals surface area contributed by atoms with Crippen LogP contribution in [0, 0.1) is 0 Å². The van der Waals surface area contributed by atoms with Gasteiger partial charge in [-0.1, -0.05) is 11.3 Å². The second-order valence-corrected chi connectivity index (χ2v) is 4.21. The van der Waals surface area contributed by atoms with Gasteiger partial charge in [-0.3, -0.25) is 0 Å². The zero-order chi connectivity index (χ0) is 9.97. The van der Waals surface area contributed by atoms with E-state index in [1.165, 1.54) is 11.3 Å². The topological polar surface area (TPSA) is 71.6 Å². The molecule has 2 heterocycles. The first-order valence-electron chi connectivity index (χ1n) is 4.48. The summed E-state index contributed by atoms with van der Waals surface area (Å²) in [4.78, 5) is 6.28. The van der Waals surface area contributed by atoms with Crippen molar-refractivity contribution < 1.29 is 9.84 Å². The van der Waals surface area contributed by atoms with E-state index in [1.807, 2.05) is 0 Å². The van der Waals surface area contributed by atoms with Crippen LogP contribution in [0.4, 0.5) is 10.1 Å². The standard InChI is InChI=1S/C8H13N3O2S/c9-7-3-10-8(14-7)11-1-2-13-6(4-11)5-12/h3,6,12H,1-2,4-5,9H2. The molecule has 1 aromatic heterocycles. The SMILES string of the molecule is Nc1cnc(N2CCOC(CO)C2)s1. The molecule has 3 N–H and O–H groups in total. The molecule has 0 spiro atoms. The lowest BCUT2D eigenvalue weighted by Gasteiger charge is -2.31. The number of morpholine rings is 1. The summed E-state index contributed by atoms with van der Waals surface area (Å²) in [6.07, 6.45) is 1.55. The van der Waals surface area contributed by atoms with Gasteiger partial charge in [0.15, 0.2) is 5.13 Å². The Kier molecular flexibility index (Phi) is 2.85. The van der Waals surface area contributed by atoms with Crippen LogP contribution in [0.25, 0.3) is 0 Å². The maximum absolute atomic E-state index is 8.97. The van der Waals surface area contributed by atoms with Crippen LogP contribution in [0.1, 0.15) is 0 Å². The molecule has 0 aromatic carbocycles. The highest BCUT2D eigenvalue weighted by atomic mass is 32.1. The Morgan fingerprint density at radius 3 is 3.29 bits per heavy atom. The van der Waals surface area contributed by atoms with Crippen molar-refractivity contribution in [3.8, 4) is 0 Å². The van der Waals surface area contributed by atoms with Crippen LogP contribution in [-0.2, 0) is 4.74 Å². The predicted molar refractivity (Wildman–Crippen MR) is 55.6 cm³/mol. The summed E-state index contributed by atoms with van der Waals surface area (Å²) < 4.78 is 5.34. The molecule has 1 atom stereocenters. The molecule has 1 aliphatic rings. The van der Waals surface area contributed by atoms with Crippen molar-refractivity contribution in [1.82, 2.24) is 4.98 Å². The van der Waals surface area contributed by atoms with Crippen molar-refractivity contribution in [2.75, 3.05) is 36.9 Å². The highest BCUT2D eigenvalue weighted by molar-refractivity contribution is 7.19. The lowest BCUT2D eigenvalue weighted by atomic mass is 10.3. The molecule has 1 aromatic rings. The molecule has 2 rings (SSSR count). The van der Waals surface area contributed by atoms with Crippen molar-refractivity contribution in [1.29, 1.82) is 0 Å². The molecule has 1 fully saturated rings. The average molecular weight is 215 g/mol. The first kappa shape index (κ1) is 9.70. The minimum absolute atomic E-state index is 0.0529. The summed E-state index contributed by atoms with van der Waals surface area (Å²) in [6, 6.07) is 0. The number of hydrogen-bond acceptors (Lipinski definition) is 6. The van der Waals surface area contributed by atoms with Gasteiger partial charge in [0.2, 0.25) is 0 Å². The van der Waals surface area contributed by atoms with E-state index < -0.39 is 0 Å². The Balaban J connectivity index is 2.04. The molecule has 0 aliphatic carbocycles. The first-order valence-corrected chi connectivity index (χ1v) is 5.30. The Hall–Kier alpha value is -0.850. The van der Waals surface area contributed by atoms with E-state index in [4.69, 9.17) is 15.6 Å². The van der Waals surface area contributed by atoms with Gasteiger partial charge < -0.3 is 20.5 Å². The van der Waals surface area contributed by atoms with Crippen LogP contribution in [0.5, 0.6) is 0 Å². The van der Waals surface area contributed by atoms with Gasteiger partial charge in [0.25, 0.3) is 0 Å². The van der Waals surface area contributed by atoms with Crippen molar-refractivity contribution in [2.24, 2.45) is 0 Å². The maximum Gasteiger partial charge on any atom is 0.187 e. The lowest BCUT2D eigenvalue weighted by molar-refractivity contribution is 0.00356. The monoisotopic (exact) mass is 215 g/mol. The number of ether oxygens (including phenoxy) is 1. The third-order valence-corrected chi connectivity index (χ3v) is 3.01. The normalized spacial score (nSPS) is 22.6. The molecule has 1 aliphatic heterocycles. The number of aliphatic hydroxyl groups is 1. The quantitative estimate of drug-likeness (QED) is 0.722. The molecule has 0 saturated carbocycles. The van der Waals surface area contributed by atoms with E-state index in [1.54, 1.807) is 6.20 Å². The zero-order valence-corrected chi connectivity index (χ0v) is 8.54. The van der Waals surface area contributed by atoms with Gasteiger partial charge in [-0.05, 0) is 0 Å². The van der Waals surface area contributed by atoms with E-state index >= 15 is 0 Å². The second kappa shape index (κ2) is 4.12. The lowest BCUT2D eigenvalue weighted by Crippen LogP contribution is -2.44. The number of nitrogen functional groups attached to an aromatic ring is 1. The summed E-state index contributed by atoms with van der Waals surface area (Å²) in [5.41, 5.74) is 5.60. The molecule has 14 heavy (non-hydrogen) atoms. The molecule has 0 bridgehead atoms. The number of aliphatic hydroxyl groups excluding tert-OH is 1. The van der Waals surface area contributed by atoms with Crippen LogP contribution in [-0.4, -0.2) is 42.5 Å². The number of anilines is 2. The largest absolute Gasteiger partial charge is 0.394 e. The molecular formula is C8H13N3O2S. The molecule has 5 nitrogen and oxygen atoms in total. The summed E-state index contributed by atoms with van der Waals surface area (Å²) in [5, 5.41) is 10.6. The molecule has 6 heteroatoms. The van der Waals surface area contributed by atoms with Crippen molar-refractivity contribution in [3.63, 3.8) is 0 Å². The van der Waals surface area contributed by atoms with E-state index in [2.05, 4.69) is 9.88 Å². The summed E-state index contributed by atoms with van der Waals surface area (Å²) in [5.74, 6) is 0. The van der Waals surface area contributed by atoms with E-state index in [9.17, 15) is 0 Å². The maximum atomic E-state index is 8.97. The van der Waals surface area contributed by atoms with Gasteiger partial charge >= 0.3 is 0 Å². The Labute approximate surface area is 86.1 Å². The number of aromatic nitrogens is 1. The van der Waals surface area contributed by atoms with Crippen molar-refractivity contribution >= 4 is 21.5 Å². The summed E-state index contributed by atoms with van der Waals surface area (Å²) in [6.45, 7) is 2.18. The molecular weight excluding hydrogens is 202 g/mol. The molecule has 1 unspecified atom stereocenters. The van der Waals surface area contributed by atoms with Crippen LogP contribution >= 0.6 is 11.3 Å². The molecule has 78 valence electrons. The number of nitrogens with zero attached hydrogens (tertiary/aromatic N) is 2. The van der Waals surface area contributed by atoms with Gasteiger partial charge in [0.05, 0.1) is 25.5 Å². The first-order chi connectivity index (χ1) is 6.79. The Morgan fingerprint density at radius 2 is 2.64 bits per heavy atom. The van der Waals surface area contributed by atoms with Crippen LogP contribution < -0.4 is 10.6 Å². The summed E-state index contributed by atoms with van der Waals surface area (Å²) >= 11 is 1.46. The molecule has 0 amide bonds. The van der Waals surface area contributed by atoms with Crippen molar-refractivity contribution in [3.05, 3.63) is 6.20 Å². The molecule has 0 radical (unpaired) electrons. The highest BCUT2D eigenvalue weighted by Crippen LogP contribution is 2.25. The third-order valence-electron chi connectivity index (χ3n) is 2.12. The zero-order valence-electron chi connectivity index (χ0n) is 7.72. The smallest absolute Gasteiger partial charge is 0.187 e. The van der Waals surface area contributed by atoms with E-state index in [0.717, 1.165) is 11.7 Å². The van der Waals surface area contributed by atoms with Gasteiger partial charge in [-0.25, -0.2) is 4.98 Å². The van der Waals surface area contributed by atoms with Gasteiger partial charge in [0, 0.05) is 13.1 Å². The fraction of sp³-hybridized carbons (Fsp3) is 0.625. The second-order valence-electron chi connectivity index (χ2n) is 3.17. The number of hydrogen-bond donors (Lipinski definition) is 2. The molecule has 1 saturated heterocycles. The predicted octanol–water partition coefficient (Wildman–Crippen LogP) is -0.0772. The van der Waals surface area contributed by atoms with Crippen LogP contribution in [0.3, 0.4) is 0 Å². The number of rotatable bonds is 2. The van der Waals surface area contributed by atoms with Gasteiger partial charge in [-0.15, -0.1) is 0 Å². The van der Waals surface area contributed by atoms with E-state index in [-0.39, 0.29) is 12.7 Å².